The van der Waals surface area contributed by atoms with Crippen LogP contribution < -0.4 is 10.6 Å². The van der Waals surface area contributed by atoms with Crippen LogP contribution in [0.5, 0.6) is 0 Å². The molecule has 21 heavy (non-hydrogen) atoms. The quantitative estimate of drug-likeness (QED) is 0.839. The molecule has 0 aliphatic carbocycles. The second kappa shape index (κ2) is 7.31. The van der Waals surface area contributed by atoms with Crippen molar-refractivity contribution in [1.29, 1.82) is 0 Å². The Balaban J connectivity index is 1.81. The number of carbonyl (C=O) groups excluding carboxylic acids is 1. The predicted octanol–water partition coefficient (Wildman–Crippen LogP) is 1.73. The van der Waals surface area contributed by atoms with E-state index in [2.05, 4.69) is 11.0 Å². The zero-order valence-electron chi connectivity index (χ0n) is 12.9. The van der Waals surface area contributed by atoms with Crippen LogP contribution in [0.1, 0.15) is 19.8 Å². The summed E-state index contributed by atoms with van der Waals surface area (Å²) >= 11 is 0. The van der Waals surface area contributed by atoms with Crippen LogP contribution in [0.2, 0.25) is 0 Å². The van der Waals surface area contributed by atoms with Gasteiger partial charge in [0.2, 0.25) is 5.91 Å². The number of carbonyl (C=O) groups is 1. The highest BCUT2D eigenvalue weighted by atomic mass is 16.5. The number of hydrogen-bond donors (Lipinski definition) is 1. The molecule has 1 aliphatic heterocycles. The first-order chi connectivity index (χ1) is 10.1. The lowest BCUT2D eigenvalue weighted by molar-refractivity contribution is -0.132. The molecule has 1 amide bonds. The van der Waals surface area contributed by atoms with Crippen LogP contribution in [0.25, 0.3) is 0 Å². The van der Waals surface area contributed by atoms with E-state index in [1.165, 1.54) is 0 Å². The first-order valence-electron chi connectivity index (χ1n) is 7.51. The van der Waals surface area contributed by atoms with Crippen LogP contribution in [0.15, 0.2) is 24.3 Å². The van der Waals surface area contributed by atoms with Crippen molar-refractivity contribution in [3.63, 3.8) is 0 Å². The number of benzene rings is 1. The van der Waals surface area contributed by atoms with Gasteiger partial charge in [0.25, 0.3) is 0 Å². The molecule has 1 saturated heterocycles. The normalized spacial score (nSPS) is 16.9. The van der Waals surface area contributed by atoms with Crippen molar-refractivity contribution < 1.29 is 9.53 Å². The Hall–Kier alpha value is -1.75. The zero-order chi connectivity index (χ0) is 15.2. The summed E-state index contributed by atoms with van der Waals surface area (Å²) in [7, 11) is 1.68. The molecule has 0 saturated carbocycles. The van der Waals surface area contributed by atoms with Crippen LogP contribution in [-0.2, 0) is 9.53 Å². The molecule has 0 aromatic heterocycles. The second-order valence-electron chi connectivity index (χ2n) is 5.55. The number of rotatable bonds is 5. The smallest absolute Gasteiger partial charge is 0.222 e. The van der Waals surface area contributed by atoms with E-state index in [-0.39, 0.29) is 12.0 Å². The first kappa shape index (κ1) is 15.6. The molecule has 1 atom stereocenters. The van der Waals surface area contributed by atoms with E-state index in [1.807, 2.05) is 30.0 Å². The number of nitrogens with zero attached hydrogens (tertiary/aromatic N) is 2. The number of methoxy groups -OCH3 is 1. The molecule has 5 heteroatoms. The van der Waals surface area contributed by atoms with Gasteiger partial charge in [0.15, 0.2) is 0 Å². The summed E-state index contributed by atoms with van der Waals surface area (Å²) < 4.78 is 5.18. The molecule has 1 fully saturated rings. The number of anilines is 2. The largest absolute Gasteiger partial charge is 0.399 e. The number of nitrogen functional groups attached to an aromatic ring is 1. The summed E-state index contributed by atoms with van der Waals surface area (Å²) in [5.41, 5.74) is 7.73. The predicted molar refractivity (Wildman–Crippen MR) is 85.4 cm³/mol. The van der Waals surface area contributed by atoms with Gasteiger partial charge in [-0.25, -0.2) is 0 Å². The molecular weight excluding hydrogens is 266 g/mol. The third-order valence-electron chi connectivity index (χ3n) is 4.03. The highest BCUT2D eigenvalue weighted by Crippen LogP contribution is 2.19. The highest BCUT2D eigenvalue weighted by molar-refractivity contribution is 5.76. The molecule has 5 nitrogen and oxygen atoms in total. The van der Waals surface area contributed by atoms with E-state index in [1.54, 1.807) is 7.11 Å². The molecule has 1 aliphatic rings. The molecule has 0 bridgehead atoms. The van der Waals surface area contributed by atoms with Crippen molar-refractivity contribution in [3.05, 3.63) is 24.3 Å². The van der Waals surface area contributed by atoms with Crippen molar-refractivity contribution in [1.82, 2.24) is 4.90 Å². The third kappa shape index (κ3) is 4.36. The van der Waals surface area contributed by atoms with Crippen molar-refractivity contribution in [2.45, 2.75) is 25.9 Å². The van der Waals surface area contributed by atoms with Gasteiger partial charge in [0, 0.05) is 51.1 Å². The first-order valence-corrected chi connectivity index (χ1v) is 7.51. The Morgan fingerprint density at radius 2 is 2.05 bits per heavy atom. The number of hydrogen-bond acceptors (Lipinski definition) is 4. The summed E-state index contributed by atoms with van der Waals surface area (Å²) in [5, 5.41) is 0. The standard InChI is InChI=1S/C16H25N3O2/c1-13(21-2)6-7-16(20)19-10-8-18(9-11-19)15-5-3-4-14(17)12-15/h3-5,12-13H,6-11,17H2,1-2H3. The monoisotopic (exact) mass is 291 g/mol. The van der Waals surface area contributed by atoms with Crippen LogP contribution in [-0.4, -0.2) is 50.2 Å². The number of amides is 1. The number of nitrogens with two attached hydrogens (primary N) is 1. The lowest BCUT2D eigenvalue weighted by Crippen LogP contribution is -2.48. The second-order valence-corrected chi connectivity index (χ2v) is 5.55. The average molecular weight is 291 g/mol. The topological polar surface area (TPSA) is 58.8 Å². The van der Waals surface area contributed by atoms with Gasteiger partial charge in [0.05, 0.1) is 6.10 Å². The Labute approximate surface area is 126 Å². The Morgan fingerprint density at radius 3 is 2.67 bits per heavy atom. The van der Waals surface area contributed by atoms with Gasteiger partial charge >= 0.3 is 0 Å². The van der Waals surface area contributed by atoms with E-state index in [4.69, 9.17) is 10.5 Å². The van der Waals surface area contributed by atoms with Crippen LogP contribution in [0.3, 0.4) is 0 Å². The molecule has 1 aromatic rings. The molecule has 1 unspecified atom stereocenters. The van der Waals surface area contributed by atoms with Gasteiger partial charge in [-0.05, 0) is 31.5 Å². The molecular formula is C16H25N3O2. The van der Waals surface area contributed by atoms with E-state index >= 15 is 0 Å². The molecule has 1 aromatic carbocycles. The summed E-state index contributed by atoms with van der Waals surface area (Å²) in [6, 6.07) is 7.90. The summed E-state index contributed by atoms with van der Waals surface area (Å²) in [4.78, 5) is 16.4. The van der Waals surface area contributed by atoms with Gasteiger partial charge in [-0.15, -0.1) is 0 Å². The Morgan fingerprint density at radius 1 is 1.33 bits per heavy atom. The molecule has 2 rings (SSSR count). The average Bonchev–Trinajstić information content (AvgIpc) is 2.52. The van der Waals surface area contributed by atoms with Crippen molar-refractivity contribution in [3.8, 4) is 0 Å². The summed E-state index contributed by atoms with van der Waals surface area (Å²) in [6.45, 7) is 5.25. The Bertz CT molecular complexity index is 470. The molecule has 0 spiro atoms. The van der Waals surface area contributed by atoms with Crippen LogP contribution >= 0.6 is 0 Å². The maximum Gasteiger partial charge on any atom is 0.222 e. The third-order valence-corrected chi connectivity index (χ3v) is 4.03. The molecule has 2 N–H and O–H groups in total. The van der Waals surface area contributed by atoms with Gasteiger partial charge in [0.1, 0.15) is 0 Å². The van der Waals surface area contributed by atoms with Crippen LogP contribution in [0.4, 0.5) is 11.4 Å². The maximum absolute atomic E-state index is 12.1. The molecule has 1 heterocycles. The van der Waals surface area contributed by atoms with E-state index < -0.39 is 0 Å². The van der Waals surface area contributed by atoms with E-state index in [9.17, 15) is 4.79 Å². The zero-order valence-corrected chi connectivity index (χ0v) is 12.9. The lowest BCUT2D eigenvalue weighted by Gasteiger charge is -2.36. The number of ether oxygens (including phenoxy) is 1. The summed E-state index contributed by atoms with van der Waals surface area (Å²) in [6.07, 6.45) is 1.49. The van der Waals surface area contributed by atoms with Crippen molar-refractivity contribution in [2.24, 2.45) is 0 Å². The van der Waals surface area contributed by atoms with E-state index in [0.717, 1.165) is 44.0 Å². The fourth-order valence-corrected chi connectivity index (χ4v) is 2.54. The minimum absolute atomic E-state index is 0.141. The Kier molecular flexibility index (Phi) is 5.44. The lowest BCUT2D eigenvalue weighted by atomic mass is 10.2. The number of piperazine rings is 1. The molecule has 116 valence electrons. The maximum atomic E-state index is 12.1. The van der Waals surface area contributed by atoms with Crippen LogP contribution in [0, 0.1) is 0 Å². The molecule has 0 radical (unpaired) electrons. The van der Waals surface area contributed by atoms with Gasteiger partial charge in [-0.3, -0.25) is 4.79 Å². The minimum Gasteiger partial charge on any atom is -0.399 e. The summed E-state index contributed by atoms with van der Waals surface area (Å²) in [5.74, 6) is 0.228. The van der Waals surface area contributed by atoms with Gasteiger partial charge in [-0.1, -0.05) is 6.07 Å². The highest BCUT2D eigenvalue weighted by Gasteiger charge is 2.21. The van der Waals surface area contributed by atoms with Gasteiger partial charge in [-0.2, -0.15) is 0 Å². The fraction of sp³-hybridized carbons (Fsp3) is 0.562. The van der Waals surface area contributed by atoms with Gasteiger partial charge < -0.3 is 20.3 Å². The fourth-order valence-electron chi connectivity index (χ4n) is 2.54. The van der Waals surface area contributed by atoms with Crippen molar-refractivity contribution >= 4 is 17.3 Å². The van der Waals surface area contributed by atoms with E-state index in [0.29, 0.717) is 6.42 Å². The SMILES string of the molecule is COC(C)CCC(=O)N1CCN(c2cccc(N)c2)CC1. The minimum atomic E-state index is 0.141. The van der Waals surface area contributed by atoms with Crippen molar-refractivity contribution in [2.75, 3.05) is 43.9 Å².